The molecule has 1 N–H and O–H groups in total. The summed E-state index contributed by atoms with van der Waals surface area (Å²) < 4.78 is 5.09. The first-order valence-electron chi connectivity index (χ1n) is 6.80. The van der Waals surface area contributed by atoms with Crippen molar-refractivity contribution in [1.82, 2.24) is 15.0 Å². The highest BCUT2D eigenvalue weighted by atomic mass is 16.5. The Morgan fingerprint density at radius 3 is 2.74 bits per heavy atom. The normalized spacial score (nSPS) is 11.0. The number of amides is 1. The van der Waals surface area contributed by atoms with E-state index in [1.165, 1.54) is 0 Å². The minimum Gasteiger partial charge on any atom is -0.395 e. The van der Waals surface area contributed by atoms with E-state index < -0.39 is 0 Å². The molecule has 0 saturated carbocycles. The van der Waals surface area contributed by atoms with E-state index in [2.05, 4.69) is 17.1 Å². The van der Waals surface area contributed by atoms with Gasteiger partial charge in [0.1, 0.15) is 0 Å². The molecular weight excluding hydrogens is 246 g/mol. The van der Waals surface area contributed by atoms with E-state index >= 15 is 0 Å². The summed E-state index contributed by atoms with van der Waals surface area (Å²) in [4.78, 5) is 17.9. The first kappa shape index (κ1) is 15.6. The smallest absolute Gasteiger partial charge is 0.227 e. The topological polar surface area (TPSA) is 79.5 Å². The molecule has 0 aromatic carbocycles. The summed E-state index contributed by atoms with van der Waals surface area (Å²) in [6.07, 6.45) is 2.53. The highest BCUT2D eigenvalue weighted by molar-refractivity contribution is 5.76. The fraction of sp³-hybridized carbons (Fsp3) is 0.769. The molecule has 0 aliphatic heterocycles. The van der Waals surface area contributed by atoms with Gasteiger partial charge >= 0.3 is 0 Å². The molecule has 19 heavy (non-hydrogen) atoms. The summed E-state index contributed by atoms with van der Waals surface area (Å²) >= 11 is 0. The van der Waals surface area contributed by atoms with Gasteiger partial charge in [-0.25, -0.2) is 0 Å². The van der Waals surface area contributed by atoms with Gasteiger partial charge in [0, 0.05) is 31.8 Å². The lowest BCUT2D eigenvalue weighted by Crippen LogP contribution is -2.39. The third-order valence-corrected chi connectivity index (χ3v) is 2.82. The monoisotopic (exact) mass is 269 g/mol. The molecule has 1 rings (SSSR count). The van der Waals surface area contributed by atoms with Crippen LogP contribution in [-0.2, 0) is 17.6 Å². The zero-order chi connectivity index (χ0) is 14.3. The number of aromatic nitrogens is 2. The van der Waals surface area contributed by atoms with Crippen LogP contribution in [0.5, 0.6) is 0 Å². The number of hydrogen-bond acceptors (Lipinski definition) is 5. The molecule has 0 atom stereocenters. The second-order valence-corrected chi connectivity index (χ2v) is 4.76. The van der Waals surface area contributed by atoms with Crippen LogP contribution >= 0.6 is 0 Å². The maximum absolute atomic E-state index is 12.0. The molecule has 0 spiro atoms. The lowest BCUT2D eigenvalue weighted by atomic mass is 10.2. The first-order chi connectivity index (χ1) is 9.08. The molecule has 0 radical (unpaired) electrons. The average molecular weight is 269 g/mol. The van der Waals surface area contributed by atoms with Gasteiger partial charge in [0.2, 0.25) is 11.8 Å². The number of hydrogen-bond donors (Lipinski definition) is 1. The van der Waals surface area contributed by atoms with Crippen LogP contribution in [0.1, 0.15) is 45.3 Å². The summed E-state index contributed by atoms with van der Waals surface area (Å²) in [5.41, 5.74) is 0. The Bertz CT molecular complexity index is 390. The van der Waals surface area contributed by atoms with Gasteiger partial charge < -0.3 is 14.5 Å². The molecule has 0 fully saturated rings. The lowest BCUT2D eigenvalue weighted by molar-refractivity contribution is -0.133. The molecular formula is C13H23N3O3. The Balaban J connectivity index is 2.47. The molecule has 0 unspecified atom stereocenters. The van der Waals surface area contributed by atoms with Crippen LogP contribution in [0.3, 0.4) is 0 Å². The maximum atomic E-state index is 12.0. The fourth-order valence-corrected chi connectivity index (χ4v) is 1.85. The number of aryl methyl sites for hydroxylation is 2. The third-order valence-electron chi connectivity index (χ3n) is 2.82. The predicted octanol–water partition coefficient (Wildman–Crippen LogP) is 1.18. The van der Waals surface area contributed by atoms with Gasteiger partial charge in [-0.05, 0) is 20.3 Å². The molecule has 0 aliphatic rings. The van der Waals surface area contributed by atoms with Crippen molar-refractivity contribution in [1.29, 1.82) is 0 Å². The summed E-state index contributed by atoms with van der Waals surface area (Å²) in [6, 6.07) is 0.0815. The van der Waals surface area contributed by atoms with Crippen molar-refractivity contribution >= 4 is 5.91 Å². The van der Waals surface area contributed by atoms with Crippen molar-refractivity contribution in [2.75, 3.05) is 13.2 Å². The number of nitrogens with zero attached hydrogens (tertiary/aromatic N) is 3. The van der Waals surface area contributed by atoms with Crippen molar-refractivity contribution in [3.05, 3.63) is 11.7 Å². The Kier molecular flexibility index (Phi) is 6.49. The zero-order valence-electron chi connectivity index (χ0n) is 11.9. The molecule has 0 bridgehead atoms. The lowest BCUT2D eigenvalue weighted by Gasteiger charge is -2.25. The van der Waals surface area contributed by atoms with Crippen LogP contribution in [0.2, 0.25) is 0 Å². The van der Waals surface area contributed by atoms with E-state index in [-0.39, 0.29) is 18.6 Å². The summed E-state index contributed by atoms with van der Waals surface area (Å²) in [6.45, 7) is 6.25. The van der Waals surface area contributed by atoms with Gasteiger partial charge in [-0.2, -0.15) is 4.98 Å². The molecule has 1 amide bonds. The molecule has 0 saturated heterocycles. The minimum absolute atomic E-state index is 0.000656. The molecule has 1 aromatic rings. The second-order valence-electron chi connectivity index (χ2n) is 4.76. The molecule has 0 aliphatic carbocycles. The quantitative estimate of drug-likeness (QED) is 0.766. The SMILES string of the molecule is CCCc1noc(CCC(=O)N(CCO)C(C)C)n1. The van der Waals surface area contributed by atoms with E-state index in [0.717, 1.165) is 12.8 Å². The molecule has 1 heterocycles. The van der Waals surface area contributed by atoms with Gasteiger partial charge in [0.05, 0.1) is 6.61 Å². The van der Waals surface area contributed by atoms with Crippen LogP contribution in [0.25, 0.3) is 0 Å². The maximum Gasteiger partial charge on any atom is 0.227 e. The van der Waals surface area contributed by atoms with E-state index in [9.17, 15) is 4.79 Å². The molecule has 108 valence electrons. The number of carbonyl (C=O) groups excluding carboxylic acids is 1. The summed E-state index contributed by atoms with van der Waals surface area (Å²) in [7, 11) is 0. The van der Waals surface area contributed by atoms with Gasteiger partial charge in [0.15, 0.2) is 5.82 Å². The number of aliphatic hydroxyl groups is 1. The number of carbonyl (C=O) groups is 1. The second kappa shape index (κ2) is 7.89. The fourth-order valence-electron chi connectivity index (χ4n) is 1.85. The van der Waals surface area contributed by atoms with Gasteiger partial charge in [-0.15, -0.1) is 0 Å². The van der Waals surface area contributed by atoms with Crippen molar-refractivity contribution in [2.45, 2.75) is 52.5 Å². The average Bonchev–Trinajstić information content (AvgIpc) is 2.81. The van der Waals surface area contributed by atoms with E-state index in [0.29, 0.717) is 31.1 Å². The molecule has 1 aromatic heterocycles. The van der Waals surface area contributed by atoms with Crippen LogP contribution in [0, 0.1) is 0 Å². The van der Waals surface area contributed by atoms with Crippen molar-refractivity contribution in [3.8, 4) is 0 Å². The van der Waals surface area contributed by atoms with Crippen LogP contribution in [0.15, 0.2) is 4.52 Å². The Morgan fingerprint density at radius 2 is 2.16 bits per heavy atom. The number of rotatable bonds is 8. The Labute approximate surface area is 113 Å². The highest BCUT2D eigenvalue weighted by Gasteiger charge is 2.17. The van der Waals surface area contributed by atoms with Crippen molar-refractivity contribution in [2.24, 2.45) is 0 Å². The predicted molar refractivity (Wildman–Crippen MR) is 70.5 cm³/mol. The van der Waals surface area contributed by atoms with Crippen LogP contribution in [0.4, 0.5) is 0 Å². The Hall–Kier alpha value is -1.43. The van der Waals surface area contributed by atoms with E-state index in [1.54, 1.807) is 4.90 Å². The van der Waals surface area contributed by atoms with Gasteiger partial charge in [-0.3, -0.25) is 4.79 Å². The van der Waals surface area contributed by atoms with Crippen molar-refractivity contribution in [3.63, 3.8) is 0 Å². The van der Waals surface area contributed by atoms with E-state index in [1.807, 2.05) is 13.8 Å². The van der Waals surface area contributed by atoms with Gasteiger partial charge in [-0.1, -0.05) is 12.1 Å². The summed E-state index contributed by atoms with van der Waals surface area (Å²) in [5.74, 6) is 1.20. The zero-order valence-corrected chi connectivity index (χ0v) is 11.9. The van der Waals surface area contributed by atoms with Crippen LogP contribution in [-0.4, -0.2) is 45.2 Å². The third kappa shape index (κ3) is 4.98. The van der Waals surface area contributed by atoms with Crippen molar-refractivity contribution < 1.29 is 14.4 Å². The number of aliphatic hydroxyl groups excluding tert-OH is 1. The van der Waals surface area contributed by atoms with Crippen LogP contribution < -0.4 is 0 Å². The Morgan fingerprint density at radius 1 is 1.42 bits per heavy atom. The minimum atomic E-state index is -0.0227. The van der Waals surface area contributed by atoms with Gasteiger partial charge in [0.25, 0.3) is 0 Å². The summed E-state index contributed by atoms with van der Waals surface area (Å²) in [5, 5.41) is 12.8. The molecule has 6 nitrogen and oxygen atoms in total. The molecule has 6 heteroatoms. The highest BCUT2D eigenvalue weighted by Crippen LogP contribution is 2.07. The standard InChI is InChI=1S/C13H23N3O3/c1-4-5-11-14-12(19-15-11)6-7-13(18)16(8-9-17)10(2)3/h10,17H,4-9H2,1-3H3. The first-order valence-corrected chi connectivity index (χ1v) is 6.80. The van der Waals surface area contributed by atoms with E-state index in [4.69, 9.17) is 9.63 Å². The largest absolute Gasteiger partial charge is 0.395 e.